The molecule has 1 amide bonds. The van der Waals surface area contributed by atoms with Gasteiger partial charge in [0.2, 0.25) is 5.91 Å². The summed E-state index contributed by atoms with van der Waals surface area (Å²) in [7, 11) is 0. The van der Waals surface area contributed by atoms with Gasteiger partial charge >= 0.3 is 5.69 Å². The summed E-state index contributed by atoms with van der Waals surface area (Å²) in [6.07, 6.45) is 4.01. The smallest absolute Gasteiger partial charge is 0.312 e. The first-order valence-electron chi connectivity index (χ1n) is 7.54. The van der Waals surface area contributed by atoms with Crippen LogP contribution in [0, 0.1) is 10.1 Å². The number of benzene rings is 1. The molecule has 0 radical (unpaired) electrons. The molecule has 0 atom stereocenters. The predicted octanol–water partition coefficient (Wildman–Crippen LogP) is 2.40. The minimum absolute atomic E-state index is 0.0506. The van der Waals surface area contributed by atoms with E-state index in [0.717, 1.165) is 25.7 Å². The highest BCUT2D eigenvalue weighted by atomic mass is 35.5. The molecule has 7 nitrogen and oxygen atoms in total. The number of amides is 1. The van der Waals surface area contributed by atoms with Crippen molar-refractivity contribution in [2.75, 3.05) is 13.2 Å². The first-order valence-corrected chi connectivity index (χ1v) is 7.91. The molecule has 0 bridgehead atoms. The zero-order chi connectivity index (χ0) is 16.9. The molecule has 0 aromatic heterocycles. The molecule has 1 aromatic rings. The molecular formula is C15H20ClN3O4. The van der Waals surface area contributed by atoms with Crippen molar-refractivity contribution in [1.29, 1.82) is 0 Å². The predicted molar refractivity (Wildman–Crippen MR) is 86.6 cm³/mol. The molecule has 0 saturated heterocycles. The molecule has 126 valence electrons. The van der Waals surface area contributed by atoms with Crippen LogP contribution in [0.3, 0.4) is 0 Å². The summed E-state index contributed by atoms with van der Waals surface area (Å²) in [6, 6.07) is 4.15. The Balaban J connectivity index is 1.87. The van der Waals surface area contributed by atoms with Gasteiger partial charge in [-0.25, -0.2) is 0 Å². The van der Waals surface area contributed by atoms with E-state index in [2.05, 4.69) is 5.32 Å². The molecular weight excluding hydrogens is 322 g/mol. The van der Waals surface area contributed by atoms with Gasteiger partial charge in [0.15, 0.2) is 5.75 Å². The monoisotopic (exact) mass is 341 g/mol. The third-order valence-corrected chi connectivity index (χ3v) is 4.30. The van der Waals surface area contributed by atoms with Crippen LogP contribution in [-0.4, -0.2) is 29.5 Å². The Morgan fingerprint density at radius 1 is 1.43 bits per heavy atom. The second kappa shape index (κ2) is 7.61. The van der Waals surface area contributed by atoms with Crippen molar-refractivity contribution in [2.24, 2.45) is 5.73 Å². The topological polar surface area (TPSA) is 107 Å². The SMILES string of the molecule is NCC1(NC(=O)CCOc2ccc(Cl)cc2[N+](=O)[O-])CCCC1. The standard InChI is InChI=1S/C15H20ClN3O4/c16-11-3-4-13(12(9-11)19(21)22)23-8-5-14(20)18-15(10-17)6-1-2-7-15/h3-4,9H,1-2,5-8,10,17H2,(H,18,20). The second-order valence-corrected chi connectivity index (χ2v) is 6.14. The number of carbonyl (C=O) groups excluding carboxylic acids is 1. The van der Waals surface area contributed by atoms with Crippen LogP contribution in [0.2, 0.25) is 5.02 Å². The summed E-state index contributed by atoms with van der Waals surface area (Å²) in [5.41, 5.74) is 5.25. The summed E-state index contributed by atoms with van der Waals surface area (Å²) < 4.78 is 5.36. The fraction of sp³-hybridized carbons (Fsp3) is 0.533. The Labute approximate surface area is 139 Å². The van der Waals surface area contributed by atoms with Gasteiger partial charge in [-0.2, -0.15) is 0 Å². The summed E-state index contributed by atoms with van der Waals surface area (Å²) in [5.74, 6) is -0.0597. The molecule has 1 fully saturated rings. The average Bonchev–Trinajstić information content (AvgIpc) is 2.97. The lowest BCUT2D eigenvalue weighted by Gasteiger charge is -2.28. The minimum atomic E-state index is -0.566. The third-order valence-electron chi connectivity index (χ3n) is 4.06. The Kier molecular flexibility index (Phi) is 5.79. The van der Waals surface area contributed by atoms with Crippen molar-refractivity contribution in [1.82, 2.24) is 5.32 Å². The number of nitro groups is 1. The van der Waals surface area contributed by atoms with Crippen LogP contribution in [-0.2, 0) is 4.79 Å². The lowest BCUT2D eigenvalue weighted by molar-refractivity contribution is -0.385. The molecule has 8 heteroatoms. The van der Waals surface area contributed by atoms with Crippen LogP contribution in [0.4, 0.5) is 5.69 Å². The molecule has 23 heavy (non-hydrogen) atoms. The van der Waals surface area contributed by atoms with E-state index < -0.39 is 4.92 Å². The number of hydrogen-bond acceptors (Lipinski definition) is 5. The summed E-state index contributed by atoms with van der Waals surface area (Å²) in [4.78, 5) is 22.4. The van der Waals surface area contributed by atoms with Gasteiger partial charge in [0, 0.05) is 17.6 Å². The summed E-state index contributed by atoms with van der Waals surface area (Å²) in [6.45, 7) is 0.469. The van der Waals surface area contributed by atoms with Gasteiger partial charge in [-0.15, -0.1) is 0 Å². The largest absolute Gasteiger partial charge is 0.486 e. The quantitative estimate of drug-likeness (QED) is 0.585. The van der Waals surface area contributed by atoms with Gasteiger partial charge in [0.1, 0.15) is 0 Å². The molecule has 1 aliphatic rings. The van der Waals surface area contributed by atoms with Crippen molar-refractivity contribution >= 4 is 23.2 Å². The van der Waals surface area contributed by atoms with Crippen LogP contribution in [0.5, 0.6) is 5.75 Å². The number of nitrogens with two attached hydrogens (primary N) is 1. The lowest BCUT2D eigenvalue weighted by Crippen LogP contribution is -2.51. The zero-order valence-electron chi connectivity index (χ0n) is 12.7. The van der Waals surface area contributed by atoms with Crippen molar-refractivity contribution < 1.29 is 14.5 Å². The number of nitrogens with zero attached hydrogens (tertiary/aromatic N) is 1. The molecule has 1 aliphatic carbocycles. The van der Waals surface area contributed by atoms with Gasteiger partial charge in [0.05, 0.1) is 23.5 Å². The van der Waals surface area contributed by atoms with Crippen molar-refractivity contribution in [3.63, 3.8) is 0 Å². The van der Waals surface area contributed by atoms with Crippen molar-refractivity contribution in [3.05, 3.63) is 33.3 Å². The Morgan fingerprint density at radius 3 is 2.74 bits per heavy atom. The second-order valence-electron chi connectivity index (χ2n) is 5.71. The molecule has 0 spiro atoms. The summed E-state index contributed by atoms with van der Waals surface area (Å²) in [5, 5.41) is 14.2. The number of hydrogen-bond donors (Lipinski definition) is 2. The fourth-order valence-corrected chi connectivity index (χ4v) is 2.97. The summed E-state index contributed by atoms with van der Waals surface area (Å²) >= 11 is 5.74. The number of rotatable bonds is 7. The molecule has 1 saturated carbocycles. The van der Waals surface area contributed by atoms with E-state index in [1.807, 2.05) is 0 Å². The number of ether oxygens (including phenoxy) is 1. The number of carbonyl (C=O) groups is 1. The third kappa shape index (κ3) is 4.56. The Morgan fingerprint density at radius 2 is 2.13 bits per heavy atom. The first kappa shape index (κ1) is 17.5. The maximum atomic E-state index is 12.0. The first-order chi connectivity index (χ1) is 11.0. The van der Waals surface area contributed by atoms with Crippen LogP contribution in [0.15, 0.2) is 18.2 Å². The Hall–Kier alpha value is -1.86. The highest BCUT2D eigenvalue weighted by Gasteiger charge is 2.33. The highest BCUT2D eigenvalue weighted by Crippen LogP contribution is 2.30. The van der Waals surface area contributed by atoms with E-state index in [1.54, 1.807) is 0 Å². The number of halogens is 1. The van der Waals surface area contributed by atoms with Gasteiger partial charge in [-0.1, -0.05) is 24.4 Å². The van der Waals surface area contributed by atoms with E-state index in [-0.39, 0.29) is 40.9 Å². The minimum Gasteiger partial charge on any atom is -0.486 e. The normalized spacial score (nSPS) is 16.1. The van der Waals surface area contributed by atoms with Crippen molar-refractivity contribution in [3.8, 4) is 5.75 Å². The van der Waals surface area contributed by atoms with E-state index >= 15 is 0 Å². The average molecular weight is 342 g/mol. The van der Waals surface area contributed by atoms with Crippen LogP contribution >= 0.6 is 11.6 Å². The molecule has 0 unspecified atom stereocenters. The molecule has 1 aromatic carbocycles. The zero-order valence-corrected chi connectivity index (χ0v) is 13.5. The fourth-order valence-electron chi connectivity index (χ4n) is 2.80. The molecule has 2 rings (SSSR count). The van der Waals surface area contributed by atoms with Gasteiger partial charge in [-0.05, 0) is 25.0 Å². The van der Waals surface area contributed by atoms with E-state index in [4.69, 9.17) is 22.1 Å². The van der Waals surface area contributed by atoms with E-state index in [1.165, 1.54) is 18.2 Å². The maximum absolute atomic E-state index is 12.0. The van der Waals surface area contributed by atoms with Crippen LogP contribution in [0.1, 0.15) is 32.1 Å². The van der Waals surface area contributed by atoms with Crippen LogP contribution in [0.25, 0.3) is 0 Å². The Bertz CT molecular complexity index is 588. The number of nitro benzene ring substituents is 1. The van der Waals surface area contributed by atoms with E-state index in [0.29, 0.717) is 6.54 Å². The van der Waals surface area contributed by atoms with Gasteiger partial charge < -0.3 is 15.8 Å². The molecule has 0 heterocycles. The lowest BCUT2D eigenvalue weighted by atomic mass is 9.98. The molecule has 3 N–H and O–H groups in total. The van der Waals surface area contributed by atoms with Crippen LogP contribution < -0.4 is 15.8 Å². The highest BCUT2D eigenvalue weighted by molar-refractivity contribution is 6.30. The maximum Gasteiger partial charge on any atom is 0.312 e. The van der Waals surface area contributed by atoms with Crippen molar-refractivity contribution in [2.45, 2.75) is 37.6 Å². The van der Waals surface area contributed by atoms with Gasteiger partial charge in [0.25, 0.3) is 0 Å². The van der Waals surface area contributed by atoms with E-state index in [9.17, 15) is 14.9 Å². The van der Waals surface area contributed by atoms with Gasteiger partial charge in [-0.3, -0.25) is 14.9 Å². The number of nitrogens with one attached hydrogen (secondary N) is 1. The molecule has 0 aliphatic heterocycles.